The normalized spacial score (nSPS) is 17.7. The van der Waals surface area contributed by atoms with E-state index in [0.29, 0.717) is 29.1 Å². The summed E-state index contributed by atoms with van der Waals surface area (Å²) < 4.78 is 0. The zero-order valence-corrected chi connectivity index (χ0v) is 21.8. The zero-order valence-electron chi connectivity index (χ0n) is 21.1. The van der Waals surface area contributed by atoms with Gasteiger partial charge in [0.1, 0.15) is 0 Å². The molecule has 2 saturated carbocycles. The Balaban J connectivity index is 1.25. The summed E-state index contributed by atoms with van der Waals surface area (Å²) in [5.41, 5.74) is 5.43. The third kappa shape index (κ3) is 5.54. The second kappa shape index (κ2) is 10.6. The van der Waals surface area contributed by atoms with E-state index in [2.05, 4.69) is 39.4 Å². The molecule has 36 heavy (non-hydrogen) atoms. The number of benzene rings is 2. The van der Waals surface area contributed by atoms with Crippen molar-refractivity contribution in [3.63, 3.8) is 0 Å². The van der Waals surface area contributed by atoms with Crippen LogP contribution >= 0.6 is 11.6 Å². The van der Waals surface area contributed by atoms with E-state index in [4.69, 9.17) is 11.6 Å². The van der Waals surface area contributed by atoms with Crippen LogP contribution in [-0.4, -0.2) is 21.9 Å². The molecule has 2 fully saturated rings. The quantitative estimate of drug-likeness (QED) is 0.261. The first kappa shape index (κ1) is 24.7. The van der Waals surface area contributed by atoms with E-state index < -0.39 is 0 Å². The highest BCUT2D eigenvalue weighted by Gasteiger charge is 2.29. The van der Waals surface area contributed by atoms with Gasteiger partial charge in [0.15, 0.2) is 0 Å². The van der Waals surface area contributed by atoms with Gasteiger partial charge in [-0.2, -0.15) is 0 Å². The molecule has 5 rings (SSSR count). The zero-order chi connectivity index (χ0) is 25.1. The lowest BCUT2D eigenvalue weighted by Crippen LogP contribution is -2.32. The van der Waals surface area contributed by atoms with Crippen LogP contribution in [0.1, 0.15) is 80.6 Å². The number of fused-ring (bicyclic) bond motifs is 1. The van der Waals surface area contributed by atoms with Crippen molar-refractivity contribution in [2.45, 2.75) is 77.3 Å². The lowest BCUT2D eigenvalue weighted by molar-refractivity contribution is 0.0938. The molecule has 0 unspecified atom stereocenters. The molecular formula is C29H36ClN5O. The molecule has 0 radical (unpaired) electrons. The van der Waals surface area contributed by atoms with Crippen molar-refractivity contribution in [2.24, 2.45) is 5.41 Å². The monoisotopic (exact) mass is 505 g/mol. The van der Waals surface area contributed by atoms with Crippen LogP contribution in [0.3, 0.4) is 0 Å². The number of rotatable bonds is 8. The Morgan fingerprint density at radius 2 is 1.89 bits per heavy atom. The Labute approximate surface area is 218 Å². The second-order valence-corrected chi connectivity index (χ2v) is 11.1. The van der Waals surface area contributed by atoms with E-state index in [1.807, 2.05) is 36.4 Å². The SMILES string of the molecule is C=C(NCc1ccc(Cl)c(Nc2nc3ccc(C(=O)NC4CCCC4)cc3[nH]2)c1)C1(C)CCCCC1. The molecule has 2 aromatic carbocycles. The summed E-state index contributed by atoms with van der Waals surface area (Å²) in [4.78, 5) is 20.6. The molecule has 0 saturated heterocycles. The number of halogens is 1. The number of anilines is 2. The number of carbonyl (C=O) groups is 1. The summed E-state index contributed by atoms with van der Waals surface area (Å²) in [5, 5.41) is 10.6. The molecular weight excluding hydrogens is 470 g/mol. The van der Waals surface area contributed by atoms with Crippen molar-refractivity contribution < 1.29 is 4.79 Å². The first-order valence-electron chi connectivity index (χ1n) is 13.2. The molecule has 2 aliphatic rings. The average Bonchev–Trinajstić information content (AvgIpc) is 3.53. The predicted molar refractivity (Wildman–Crippen MR) is 148 cm³/mol. The van der Waals surface area contributed by atoms with Crippen LogP contribution in [0.25, 0.3) is 11.0 Å². The summed E-state index contributed by atoms with van der Waals surface area (Å²) in [6.07, 6.45) is 10.8. The summed E-state index contributed by atoms with van der Waals surface area (Å²) in [6.45, 7) is 7.36. The van der Waals surface area contributed by atoms with Crippen LogP contribution < -0.4 is 16.0 Å². The number of nitrogens with zero attached hydrogens (tertiary/aromatic N) is 1. The number of hydrogen-bond acceptors (Lipinski definition) is 4. The highest BCUT2D eigenvalue weighted by Crippen LogP contribution is 2.40. The Kier molecular flexibility index (Phi) is 7.24. The number of carbonyl (C=O) groups excluding carboxylic acids is 1. The third-order valence-electron chi connectivity index (χ3n) is 7.91. The summed E-state index contributed by atoms with van der Waals surface area (Å²) in [5.74, 6) is 0.560. The van der Waals surface area contributed by atoms with Crippen LogP contribution in [0.2, 0.25) is 5.02 Å². The first-order valence-corrected chi connectivity index (χ1v) is 13.6. The van der Waals surface area contributed by atoms with Crippen molar-refractivity contribution in [3.8, 4) is 0 Å². The summed E-state index contributed by atoms with van der Waals surface area (Å²) in [7, 11) is 0. The minimum atomic E-state index is -0.0279. The van der Waals surface area contributed by atoms with Gasteiger partial charge in [-0.3, -0.25) is 4.79 Å². The minimum absolute atomic E-state index is 0.0279. The van der Waals surface area contributed by atoms with Crippen molar-refractivity contribution in [2.75, 3.05) is 5.32 Å². The van der Waals surface area contributed by atoms with E-state index in [-0.39, 0.29) is 11.3 Å². The van der Waals surface area contributed by atoms with Crippen molar-refractivity contribution in [1.82, 2.24) is 20.6 Å². The molecule has 190 valence electrons. The summed E-state index contributed by atoms with van der Waals surface area (Å²) >= 11 is 6.50. The Hall–Kier alpha value is -2.99. The van der Waals surface area contributed by atoms with Gasteiger partial charge in [0.25, 0.3) is 5.91 Å². The van der Waals surface area contributed by atoms with Crippen LogP contribution in [-0.2, 0) is 6.54 Å². The van der Waals surface area contributed by atoms with E-state index in [9.17, 15) is 4.79 Å². The van der Waals surface area contributed by atoms with Gasteiger partial charge in [-0.25, -0.2) is 4.98 Å². The summed E-state index contributed by atoms with van der Waals surface area (Å²) in [6, 6.07) is 11.8. The van der Waals surface area contributed by atoms with Crippen molar-refractivity contribution in [1.29, 1.82) is 0 Å². The van der Waals surface area contributed by atoms with Gasteiger partial charge >= 0.3 is 0 Å². The van der Waals surface area contributed by atoms with Gasteiger partial charge < -0.3 is 20.9 Å². The van der Waals surface area contributed by atoms with E-state index >= 15 is 0 Å². The fourth-order valence-corrected chi connectivity index (χ4v) is 5.68. The molecule has 0 atom stereocenters. The molecule has 3 aromatic rings. The fraction of sp³-hybridized carbons (Fsp3) is 0.448. The number of aromatic amines is 1. The fourth-order valence-electron chi connectivity index (χ4n) is 5.51. The van der Waals surface area contributed by atoms with Gasteiger partial charge in [-0.05, 0) is 61.6 Å². The molecule has 1 aromatic heterocycles. The van der Waals surface area contributed by atoms with Crippen molar-refractivity contribution >= 4 is 40.2 Å². The topological polar surface area (TPSA) is 81.8 Å². The van der Waals surface area contributed by atoms with Gasteiger partial charge in [-0.1, -0.05) is 63.3 Å². The maximum atomic E-state index is 12.7. The minimum Gasteiger partial charge on any atom is -0.384 e. The highest BCUT2D eigenvalue weighted by atomic mass is 35.5. The van der Waals surface area contributed by atoms with Gasteiger partial charge in [0.2, 0.25) is 5.95 Å². The van der Waals surface area contributed by atoms with E-state index in [1.165, 1.54) is 44.9 Å². The molecule has 1 amide bonds. The second-order valence-electron chi connectivity index (χ2n) is 10.7. The van der Waals surface area contributed by atoms with Gasteiger partial charge in [0.05, 0.1) is 21.7 Å². The molecule has 6 nitrogen and oxygen atoms in total. The Morgan fingerprint density at radius 3 is 2.67 bits per heavy atom. The number of aromatic nitrogens is 2. The van der Waals surface area contributed by atoms with Crippen LogP contribution in [0.5, 0.6) is 0 Å². The van der Waals surface area contributed by atoms with Gasteiger partial charge in [-0.15, -0.1) is 0 Å². The molecule has 0 bridgehead atoms. The lowest BCUT2D eigenvalue weighted by atomic mass is 9.73. The third-order valence-corrected chi connectivity index (χ3v) is 8.24. The number of hydrogen-bond donors (Lipinski definition) is 4. The van der Waals surface area contributed by atoms with Crippen LogP contribution in [0.4, 0.5) is 11.6 Å². The molecule has 7 heteroatoms. The Bertz CT molecular complexity index is 1250. The largest absolute Gasteiger partial charge is 0.384 e. The maximum Gasteiger partial charge on any atom is 0.251 e. The molecule has 4 N–H and O–H groups in total. The van der Waals surface area contributed by atoms with E-state index in [0.717, 1.165) is 40.8 Å². The van der Waals surface area contributed by atoms with Crippen molar-refractivity contribution in [3.05, 3.63) is 64.8 Å². The predicted octanol–water partition coefficient (Wildman–Crippen LogP) is 7.21. The van der Waals surface area contributed by atoms with E-state index in [1.54, 1.807) is 0 Å². The van der Waals surface area contributed by atoms with Gasteiger partial charge in [0, 0.05) is 29.3 Å². The van der Waals surface area contributed by atoms with Crippen LogP contribution in [0.15, 0.2) is 48.7 Å². The first-order chi connectivity index (χ1) is 17.4. The lowest BCUT2D eigenvalue weighted by Gasteiger charge is -2.36. The average molecular weight is 506 g/mol. The molecule has 0 aliphatic heterocycles. The number of H-pyrrole nitrogens is 1. The molecule has 2 aliphatic carbocycles. The number of nitrogens with one attached hydrogen (secondary N) is 4. The Morgan fingerprint density at radius 1 is 1.11 bits per heavy atom. The number of allylic oxidation sites excluding steroid dienone is 1. The maximum absolute atomic E-state index is 12.7. The van der Waals surface area contributed by atoms with Crippen LogP contribution in [0, 0.1) is 5.41 Å². The molecule has 0 spiro atoms. The highest BCUT2D eigenvalue weighted by molar-refractivity contribution is 6.33. The standard InChI is InChI=1S/C29H36ClN5O/c1-19(29(2)14-6-3-7-15-29)31-18-20-10-12-23(30)25(16-20)34-28-33-24-13-11-21(17-26(24)35-28)27(36)32-22-8-4-5-9-22/h10-13,16-17,22,31H,1,3-9,14-15,18H2,2H3,(H,32,36)(H2,33,34,35). The smallest absolute Gasteiger partial charge is 0.251 e. The number of imidazole rings is 1. The molecule has 1 heterocycles. The number of amides is 1.